The average Bonchev–Trinajstić information content (AvgIpc) is 2.82. The molecule has 96 valence electrons. The molecule has 0 saturated heterocycles. The molecule has 4 N–H and O–H groups in total. The van der Waals surface area contributed by atoms with E-state index in [4.69, 9.17) is 17.3 Å². The molecule has 0 fully saturated rings. The Morgan fingerprint density at radius 2 is 2.16 bits per heavy atom. The van der Waals surface area contributed by atoms with Gasteiger partial charge in [-0.3, -0.25) is 5.10 Å². The second-order valence-corrected chi connectivity index (χ2v) is 4.56. The number of anilines is 3. The minimum Gasteiger partial charge on any atom is -0.368 e. The number of fused-ring (bicyclic) bond motifs is 1. The van der Waals surface area contributed by atoms with Crippen molar-refractivity contribution >= 4 is 40.1 Å². The highest BCUT2D eigenvalue weighted by molar-refractivity contribution is 6.31. The van der Waals surface area contributed by atoms with Crippen LogP contribution in [0.2, 0.25) is 5.02 Å². The van der Waals surface area contributed by atoms with Crippen molar-refractivity contribution in [1.82, 2.24) is 20.2 Å². The Bertz CT molecular complexity index is 751. The molecule has 7 heteroatoms. The number of aromatic nitrogens is 4. The van der Waals surface area contributed by atoms with Crippen LogP contribution in [0.1, 0.15) is 5.56 Å². The molecule has 0 unspecified atom stereocenters. The van der Waals surface area contributed by atoms with Crippen LogP contribution in [0.25, 0.3) is 11.0 Å². The summed E-state index contributed by atoms with van der Waals surface area (Å²) in [5, 5.41) is 11.3. The zero-order valence-corrected chi connectivity index (χ0v) is 10.9. The molecule has 3 aromatic rings. The van der Waals surface area contributed by atoms with Crippen LogP contribution < -0.4 is 11.1 Å². The van der Waals surface area contributed by atoms with Crippen molar-refractivity contribution in [2.24, 2.45) is 0 Å². The van der Waals surface area contributed by atoms with Gasteiger partial charge < -0.3 is 11.1 Å². The number of hydrogen-bond acceptors (Lipinski definition) is 5. The summed E-state index contributed by atoms with van der Waals surface area (Å²) in [5.41, 5.74) is 8.09. The maximum absolute atomic E-state index is 6.09. The lowest BCUT2D eigenvalue weighted by Gasteiger charge is -2.08. The van der Waals surface area contributed by atoms with Crippen LogP contribution in [-0.2, 0) is 0 Å². The minimum absolute atomic E-state index is 0.178. The molecule has 6 nitrogen and oxygen atoms in total. The first-order chi connectivity index (χ1) is 9.13. The van der Waals surface area contributed by atoms with Gasteiger partial charge >= 0.3 is 0 Å². The Hall–Kier alpha value is -2.34. The molecule has 0 radical (unpaired) electrons. The Labute approximate surface area is 114 Å². The largest absolute Gasteiger partial charge is 0.368 e. The van der Waals surface area contributed by atoms with E-state index in [1.807, 2.05) is 25.1 Å². The van der Waals surface area contributed by atoms with Crippen molar-refractivity contribution in [3.63, 3.8) is 0 Å². The number of nitrogen functional groups attached to an aromatic ring is 1. The third-order valence-corrected chi connectivity index (χ3v) is 3.17. The summed E-state index contributed by atoms with van der Waals surface area (Å²) >= 11 is 6.09. The summed E-state index contributed by atoms with van der Waals surface area (Å²) in [6.07, 6.45) is 1.65. The van der Waals surface area contributed by atoms with Gasteiger partial charge in [-0.15, -0.1) is 0 Å². The number of nitrogens with zero attached hydrogens (tertiary/aromatic N) is 3. The summed E-state index contributed by atoms with van der Waals surface area (Å²) in [5.74, 6) is 0.772. The van der Waals surface area contributed by atoms with E-state index in [-0.39, 0.29) is 5.95 Å². The molecule has 0 bridgehead atoms. The van der Waals surface area contributed by atoms with Crippen LogP contribution >= 0.6 is 11.6 Å². The maximum atomic E-state index is 6.09. The molecule has 0 aliphatic rings. The van der Waals surface area contributed by atoms with Crippen molar-refractivity contribution in [1.29, 1.82) is 0 Å². The first kappa shape index (κ1) is 11.7. The Kier molecular flexibility index (Phi) is 2.72. The van der Waals surface area contributed by atoms with Crippen LogP contribution in [0.4, 0.5) is 17.5 Å². The van der Waals surface area contributed by atoms with Gasteiger partial charge in [0.15, 0.2) is 5.65 Å². The number of aryl methyl sites for hydroxylation is 1. The van der Waals surface area contributed by atoms with E-state index in [0.717, 1.165) is 16.6 Å². The molecule has 0 aliphatic heterocycles. The summed E-state index contributed by atoms with van der Waals surface area (Å²) in [4.78, 5) is 8.23. The van der Waals surface area contributed by atoms with Crippen molar-refractivity contribution in [2.75, 3.05) is 11.1 Å². The lowest BCUT2D eigenvalue weighted by molar-refractivity contribution is 1.09. The topological polar surface area (TPSA) is 92.5 Å². The summed E-state index contributed by atoms with van der Waals surface area (Å²) in [6, 6.07) is 5.69. The molecule has 0 spiro atoms. The SMILES string of the molecule is Cc1ccc(Nc2nc(N)nc3[nH]ncc23)cc1Cl. The number of halogens is 1. The number of hydrogen-bond donors (Lipinski definition) is 3. The van der Waals surface area contributed by atoms with Gasteiger partial charge in [-0.05, 0) is 24.6 Å². The van der Waals surface area contributed by atoms with E-state index < -0.39 is 0 Å². The van der Waals surface area contributed by atoms with Gasteiger partial charge in [-0.2, -0.15) is 15.1 Å². The van der Waals surface area contributed by atoms with E-state index >= 15 is 0 Å². The van der Waals surface area contributed by atoms with E-state index in [9.17, 15) is 0 Å². The first-order valence-electron chi connectivity index (χ1n) is 5.63. The van der Waals surface area contributed by atoms with E-state index in [2.05, 4.69) is 25.5 Å². The fourth-order valence-electron chi connectivity index (χ4n) is 1.75. The van der Waals surface area contributed by atoms with E-state index in [0.29, 0.717) is 16.5 Å². The molecule has 0 saturated carbocycles. The van der Waals surface area contributed by atoms with Gasteiger partial charge in [-0.25, -0.2) is 0 Å². The predicted molar refractivity (Wildman–Crippen MR) is 75.6 cm³/mol. The number of nitrogens with one attached hydrogen (secondary N) is 2. The average molecular weight is 275 g/mol. The number of aromatic amines is 1. The van der Waals surface area contributed by atoms with Gasteiger partial charge in [0, 0.05) is 10.7 Å². The van der Waals surface area contributed by atoms with Crippen molar-refractivity contribution < 1.29 is 0 Å². The lowest BCUT2D eigenvalue weighted by Crippen LogP contribution is -2.00. The highest BCUT2D eigenvalue weighted by Crippen LogP contribution is 2.26. The molecule has 0 aliphatic carbocycles. The summed E-state index contributed by atoms with van der Waals surface area (Å²) < 4.78 is 0. The summed E-state index contributed by atoms with van der Waals surface area (Å²) in [6.45, 7) is 1.95. The third-order valence-electron chi connectivity index (χ3n) is 2.76. The van der Waals surface area contributed by atoms with Crippen molar-refractivity contribution in [2.45, 2.75) is 6.92 Å². The monoisotopic (exact) mass is 274 g/mol. The smallest absolute Gasteiger partial charge is 0.224 e. The fraction of sp³-hybridized carbons (Fsp3) is 0.0833. The quantitative estimate of drug-likeness (QED) is 0.668. The number of nitrogens with two attached hydrogens (primary N) is 1. The van der Waals surface area contributed by atoms with E-state index in [1.165, 1.54) is 0 Å². The molecule has 19 heavy (non-hydrogen) atoms. The summed E-state index contributed by atoms with van der Waals surface area (Å²) in [7, 11) is 0. The predicted octanol–water partition coefficient (Wildman–Crippen LogP) is 2.64. The van der Waals surface area contributed by atoms with Crippen LogP contribution in [0, 0.1) is 6.92 Å². The van der Waals surface area contributed by atoms with Gasteiger partial charge in [0.25, 0.3) is 0 Å². The third kappa shape index (κ3) is 2.17. The normalized spacial score (nSPS) is 10.8. The molecule has 2 aromatic heterocycles. The molecular weight excluding hydrogens is 264 g/mol. The standard InChI is InChI=1S/C12H11ClN6/c1-6-2-3-7(4-9(6)13)16-10-8-5-15-19-11(8)18-12(14)17-10/h2-5H,1H3,(H4,14,15,16,17,18,19). The molecular formula is C12H11ClN6. The number of benzene rings is 1. The van der Waals surface area contributed by atoms with Gasteiger partial charge in [0.1, 0.15) is 5.82 Å². The van der Waals surface area contributed by atoms with Crippen LogP contribution in [-0.4, -0.2) is 20.2 Å². The maximum Gasteiger partial charge on any atom is 0.224 e. The lowest BCUT2D eigenvalue weighted by atomic mass is 10.2. The first-order valence-corrected chi connectivity index (χ1v) is 6.01. The molecule has 0 amide bonds. The number of H-pyrrole nitrogens is 1. The van der Waals surface area contributed by atoms with Gasteiger partial charge in [0.05, 0.1) is 11.6 Å². The molecule has 3 rings (SSSR count). The Morgan fingerprint density at radius 1 is 1.32 bits per heavy atom. The minimum atomic E-state index is 0.178. The van der Waals surface area contributed by atoms with Crippen molar-refractivity contribution in [3.05, 3.63) is 35.0 Å². The van der Waals surface area contributed by atoms with Crippen LogP contribution in [0.5, 0.6) is 0 Å². The van der Waals surface area contributed by atoms with Gasteiger partial charge in [0.2, 0.25) is 5.95 Å². The van der Waals surface area contributed by atoms with Gasteiger partial charge in [-0.1, -0.05) is 17.7 Å². The molecule has 1 aromatic carbocycles. The zero-order valence-electron chi connectivity index (χ0n) is 10.1. The Balaban J connectivity index is 2.04. The highest BCUT2D eigenvalue weighted by atomic mass is 35.5. The van der Waals surface area contributed by atoms with Crippen LogP contribution in [0.3, 0.4) is 0 Å². The second-order valence-electron chi connectivity index (χ2n) is 4.15. The Morgan fingerprint density at radius 3 is 2.95 bits per heavy atom. The van der Waals surface area contributed by atoms with Crippen LogP contribution in [0.15, 0.2) is 24.4 Å². The second kappa shape index (κ2) is 4.40. The highest BCUT2D eigenvalue weighted by Gasteiger charge is 2.08. The van der Waals surface area contributed by atoms with E-state index in [1.54, 1.807) is 6.20 Å². The zero-order chi connectivity index (χ0) is 13.4. The molecule has 0 atom stereocenters. The molecule has 2 heterocycles. The van der Waals surface area contributed by atoms with Crippen molar-refractivity contribution in [3.8, 4) is 0 Å². The number of rotatable bonds is 2. The fourth-order valence-corrected chi connectivity index (χ4v) is 1.94.